The molecule has 0 saturated heterocycles. The lowest BCUT2D eigenvalue weighted by molar-refractivity contribution is 0.593. The van der Waals surface area contributed by atoms with Gasteiger partial charge < -0.3 is 5.32 Å². The van der Waals surface area contributed by atoms with E-state index in [9.17, 15) is 4.39 Å². The standard InChI is InChI=1S/C14H16FN3/c1-3-16-14(11-5-4-10(2)17-8-11)13-7-6-12(15)9-18-13/h4-9,14,16H,3H2,1-2H3. The number of nitrogens with one attached hydrogen (secondary N) is 1. The monoisotopic (exact) mass is 245 g/mol. The fourth-order valence-electron chi connectivity index (χ4n) is 1.81. The second kappa shape index (κ2) is 5.69. The number of aromatic nitrogens is 2. The van der Waals surface area contributed by atoms with Crippen LogP contribution >= 0.6 is 0 Å². The molecule has 0 saturated carbocycles. The third-order valence-electron chi connectivity index (χ3n) is 2.72. The predicted molar refractivity (Wildman–Crippen MR) is 68.7 cm³/mol. The number of aryl methyl sites for hydroxylation is 1. The van der Waals surface area contributed by atoms with Gasteiger partial charge in [0.2, 0.25) is 0 Å². The van der Waals surface area contributed by atoms with E-state index >= 15 is 0 Å². The Balaban J connectivity index is 2.33. The molecule has 1 N–H and O–H groups in total. The molecule has 2 rings (SSSR count). The highest BCUT2D eigenvalue weighted by atomic mass is 19.1. The summed E-state index contributed by atoms with van der Waals surface area (Å²) in [5.74, 6) is -0.323. The van der Waals surface area contributed by atoms with E-state index in [1.165, 1.54) is 12.3 Å². The molecule has 94 valence electrons. The Morgan fingerprint density at radius 2 is 2.00 bits per heavy atom. The second-order valence-electron chi connectivity index (χ2n) is 4.12. The van der Waals surface area contributed by atoms with E-state index in [-0.39, 0.29) is 11.9 Å². The van der Waals surface area contributed by atoms with Crippen LogP contribution in [0.1, 0.15) is 29.9 Å². The quantitative estimate of drug-likeness (QED) is 0.899. The van der Waals surface area contributed by atoms with Crippen LogP contribution in [-0.4, -0.2) is 16.5 Å². The molecule has 18 heavy (non-hydrogen) atoms. The molecule has 0 spiro atoms. The average Bonchev–Trinajstić information content (AvgIpc) is 2.39. The first-order chi connectivity index (χ1) is 8.70. The van der Waals surface area contributed by atoms with Gasteiger partial charge in [0.05, 0.1) is 17.9 Å². The van der Waals surface area contributed by atoms with Crippen molar-refractivity contribution in [3.63, 3.8) is 0 Å². The lowest BCUT2D eigenvalue weighted by atomic mass is 10.0. The largest absolute Gasteiger partial charge is 0.305 e. The molecule has 4 heteroatoms. The Hall–Kier alpha value is -1.81. The molecule has 2 aromatic heterocycles. The summed E-state index contributed by atoms with van der Waals surface area (Å²) < 4.78 is 12.9. The third kappa shape index (κ3) is 2.90. The van der Waals surface area contributed by atoms with Crippen LogP contribution in [0.2, 0.25) is 0 Å². The van der Waals surface area contributed by atoms with Gasteiger partial charge in [-0.15, -0.1) is 0 Å². The lowest BCUT2D eigenvalue weighted by Gasteiger charge is -2.17. The van der Waals surface area contributed by atoms with Gasteiger partial charge in [0.25, 0.3) is 0 Å². The zero-order chi connectivity index (χ0) is 13.0. The van der Waals surface area contributed by atoms with Crippen molar-refractivity contribution in [2.24, 2.45) is 0 Å². The van der Waals surface area contributed by atoms with Gasteiger partial charge >= 0.3 is 0 Å². The maximum atomic E-state index is 12.9. The zero-order valence-corrected chi connectivity index (χ0v) is 10.5. The summed E-state index contributed by atoms with van der Waals surface area (Å²) in [5.41, 5.74) is 2.80. The first-order valence-electron chi connectivity index (χ1n) is 5.98. The smallest absolute Gasteiger partial charge is 0.141 e. The minimum absolute atomic E-state index is 0.0521. The van der Waals surface area contributed by atoms with E-state index < -0.39 is 0 Å². The maximum absolute atomic E-state index is 12.9. The van der Waals surface area contributed by atoms with Gasteiger partial charge in [0.1, 0.15) is 5.82 Å². The summed E-state index contributed by atoms with van der Waals surface area (Å²) in [6.45, 7) is 4.78. The van der Waals surface area contributed by atoms with Crippen LogP contribution in [0.4, 0.5) is 4.39 Å². The Labute approximate surface area is 106 Å². The van der Waals surface area contributed by atoms with Gasteiger partial charge in [-0.2, -0.15) is 0 Å². The van der Waals surface area contributed by atoms with Crippen LogP contribution in [0.3, 0.4) is 0 Å². The summed E-state index contributed by atoms with van der Waals surface area (Å²) >= 11 is 0. The van der Waals surface area contributed by atoms with Crippen molar-refractivity contribution in [3.05, 3.63) is 59.4 Å². The molecule has 0 bridgehead atoms. The summed E-state index contributed by atoms with van der Waals surface area (Å²) in [6.07, 6.45) is 3.06. The van der Waals surface area contributed by atoms with Crippen LogP contribution in [-0.2, 0) is 0 Å². The fraction of sp³-hybridized carbons (Fsp3) is 0.286. The van der Waals surface area contributed by atoms with Gasteiger partial charge in [-0.3, -0.25) is 9.97 Å². The van der Waals surface area contributed by atoms with Crippen molar-refractivity contribution in [2.45, 2.75) is 19.9 Å². The molecule has 0 fully saturated rings. The van der Waals surface area contributed by atoms with Crippen molar-refractivity contribution >= 4 is 0 Å². The van der Waals surface area contributed by atoms with Crippen molar-refractivity contribution in [1.82, 2.24) is 15.3 Å². The van der Waals surface area contributed by atoms with Crippen LogP contribution in [0.5, 0.6) is 0 Å². The highest BCUT2D eigenvalue weighted by molar-refractivity contribution is 5.26. The van der Waals surface area contributed by atoms with E-state index in [0.717, 1.165) is 23.5 Å². The molecule has 3 nitrogen and oxygen atoms in total. The molecule has 0 radical (unpaired) electrons. The molecular weight excluding hydrogens is 229 g/mol. The number of rotatable bonds is 4. The maximum Gasteiger partial charge on any atom is 0.141 e. The van der Waals surface area contributed by atoms with Gasteiger partial charge in [-0.1, -0.05) is 13.0 Å². The molecule has 2 heterocycles. The van der Waals surface area contributed by atoms with Crippen LogP contribution in [0.15, 0.2) is 36.7 Å². The molecule has 0 aliphatic carbocycles. The van der Waals surface area contributed by atoms with E-state index in [1.807, 2.05) is 32.2 Å². The molecule has 1 unspecified atom stereocenters. The van der Waals surface area contributed by atoms with Crippen molar-refractivity contribution in [1.29, 1.82) is 0 Å². The van der Waals surface area contributed by atoms with E-state index in [4.69, 9.17) is 0 Å². The predicted octanol–water partition coefficient (Wildman–Crippen LogP) is 2.62. The molecule has 2 aromatic rings. The molecule has 0 aliphatic heterocycles. The third-order valence-corrected chi connectivity index (χ3v) is 2.72. The Morgan fingerprint density at radius 1 is 1.17 bits per heavy atom. The van der Waals surface area contributed by atoms with Crippen molar-refractivity contribution in [3.8, 4) is 0 Å². The minimum atomic E-state index is -0.323. The van der Waals surface area contributed by atoms with Crippen LogP contribution in [0.25, 0.3) is 0 Å². The Bertz CT molecular complexity index is 448. The van der Waals surface area contributed by atoms with Gasteiger partial charge in [-0.05, 0) is 37.2 Å². The van der Waals surface area contributed by atoms with Gasteiger partial charge in [0.15, 0.2) is 0 Å². The lowest BCUT2D eigenvalue weighted by Crippen LogP contribution is -2.23. The van der Waals surface area contributed by atoms with E-state index in [0.29, 0.717) is 0 Å². The van der Waals surface area contributed by atoms with Crippen LogP contribution in [0, 0.1) is 12.7 Å². The molecule has 0 aromatic carbocycles. The minimum Gasteiger partial charge on any atom is -0.305 e. The Kier molecular flexibility index (Phi) is 3.99. The number of nitrogens with zero attached hydrogens (tertiary/aromatic N) is 2. The first-order valence-corrected chi connectivity index (χ1v) is 5.98. The zero-order valence-electron chi connectivity index (χ0n) is 10.5. The summed E-state index contributed by atoms with van der Waals surface area (Å²) in [5, 5.41) is 3.33. The van der Waals surface area contributed by atoms with E-state index in [1.54, 1.807) is 6.07 Å². The molecular formula is C14H16FN3. The first kappa shape index (κ1) is 12.6. The molecule has 1 atom stereocenters. The number of hydrogen-bond acceptors (Lipinski definition) is 3. The Morgan fingerprint density at radius 3 is 2.56 bits per heavy atom. The molecule has 0 amide bonds. The SMILES string of the molecule is CCNC(c1ccc(C)nc1)c1ccc(F)cn1. The number of pyridine rings is 2. The van der Waals surface area contributed by atoms with E-state index in [2.05, 4.69) is 15.3 Å². The van der Waals surface area contributed by atoms with Crippen molar-refractivity contribution < 1.29 is 4.39 Å². The average molecular weight is 245 g/mol. The van der Waals surface area contributed by atoms with Crippen LogP contribution < -0.4 is 5.32 Å². The topological polar surface area (TPSA) is 37.8 Å². The summed E-state index contributed by atoms with van der Waals surface area (Å²) in [7, 11) is 0. The second-order valence-corrected chi connectivity index (χ2v) is 4.12. The highest BCUT2D eigenvalue weighted by Gasteiger charge is 2.14. The normalized spacial score (nSPS) is 12.4. The fourth-order valence-corrected chi connectivity index (χ4v) is 1.81. The number of halogens is 1. The van der Waals surface area contributed by atoms with Gasteiger partial charge in [-0.25, -0.2) is 4.39 Å². The van der Waals surface area contributed by atoms with Gasteiger partial charge in [0, 0.05) is 11.9 Å². The highest BCUT2D eigenvalue weighted by Crippen LogP contribution is 2.19. The number of hydrogen-bond donors (Lipinski definition) is 1. The summed E-state index contributed by atoms with van der Waals surface area (Å²) in [4.78, 5) is 8.41. The van der Waals surface area contributed by atoms with Crippen molar-refractivity contribution in [2.75, 3.05) is 6.54 Å². The molecule has 0 aliphatic rings. The summed E-state index contributed by atoms with van der Waals surface area (Å²) in [6, 6.07) is 7.05.